The minimum Gasteiger partial charge on any atom is -0.484 e. The number of rotatable bonds is 7. The Balaban J connectivity index is 2.29. The monoisotopic (exact) mass is 250 g/mol. The van der Waals surface area contributed by atoms with Crippen LogP contribution in [0, 0.1) is 13.8 Å². The highest BCUT2D eigenvalue weighted by atomic mass is 16.5. The highest BCUT2D eigenvalue weighted by Gasteiger charge is 2.04. The Labute approximate surface area is 109 Å². The number of aryl methyl sites for hydroxylation is 2. The molecule has 0 spiro atoms. The van der Waals surface area contributed by atoms with E-state index in [1.54, 1.807) is 0 Å². The summed E-state index contributed by atoms with van der Waals surface area (Å²) >= 11 is 0. The maximum atomic E-state index is 11.5. The first-order valence-corrected chi connectivity index (χ1v) is 6.25. The lowest BCUT2D eigenvalue weighted by Crippen LogP contribution is -2.31. The minimum absolute atomic E-state index is 0.0729. The maximum absolute atomic E-state index is 11.5. The quantitative estimate of drug-likeness (QED) is 0.719. The van der Waals surface area contributed by atoms with Gasteiger partial charge in [0.1, 0.15) is 5.75 Å². The van der Waals surface area contributed by atoms with Crippen LogP contribution in [-0.4, -0.2) is 32.7 Å². The van der Waals surface area contributed by atoms with Gasteiger partial charge in [-0.25, -0.2) is 0 Å². The summed E-state index contributed by atoms with van der Waals surface area (Å²) in [6, 6.07) is 5.92. The number of carbonyl (C=O) groups is 1. The van der Waals surface area contributed by atoms with Crippen LogP contribution in [0.1, 0.15) is 17.5 Å². The number of nitrogens with one attached hydrogen (secondary N) is 2. The fourth-order valence-electron chi connectivity index (χ4n) is 1.65. The Morgan fingerprint density at radius 3 is 2.72 bits per heavy atom. The van der Waals surface area contributed by atoms with Crippen molar-refractivity contribution < 1.29 is 9.53 Å². The summed E-state index contributed by atoms with van der Waals surface area (Å²) in [4.78, 5) is 11.5. The lowest BCUT2D eigenvalue weighted by molar-refractivity contribution is -0.123. The molecule has 1 rings (SSSR count). The number of hydrogen-bond acceptors (Lipinski definition) is 3. The van der Waals surface area contributed by atoms with E-state index in [9.17, 15) is 4.79 Å². The third-order valence-corrected chi connectivity index (χ3v) is 2.61. The summed E-state index contributed by atoms with van der Waals surface area (Å²) in [5, 5.41) is 5.84. The van der Waals surface area contributed by atoms with Gasteiger partial charge in [-0.2, -0.15) is 0 Å². The molecule has 4 nitrogen and oxygen atoms in total. The summed E-state index contributed by atoms with van der Waals surface area (Å²) in [5.41, 5.74) is 2.24. The molecule has 1 aromatic rings. The largest absolute Gasteiger partial charge is 0.484 e. The SMILES string of the molecule is CNCCCNC(=O)COc1ccc(C)cc1C. The van der Waals surface area contributed by atoms with Crippen LogP contribution in [-0.2, 0) is 4.79 Å². The van der Waals surface area contributed by atoms with Gasteiger partial charge in [0.2, 0.25) is 0 Å². The number of carbonyl (C=O) groups excluding carboxylic acids is 1. The topological polar surface area (TPSA) is 50.4 Å². The van der Waals surface area contributed by atoms with Crippen molar-refractivity contribution in [3.05, 3.63) is 29.3 Å². The van der Waals surface area contributed by atoms with E-state index in [0.717, 1.165) is 24.3 Å². The third kappa shape index (κ3) is 5.19. The van der Waals surface area contributed by atoms with E-state index in [4.69, 9.17) is 4.74 Å². The second-order valence-corrected chi connectivity index (χ2v) is 4.36. The van der Waals surface area contributed by atoms with Crippen LogP contribution >= 0.6 is 0 Å². The van der Waals surface area contributed by atoms with Crippen molar-refractivity contribution >= 4 is 5.91 Å². The van der Waals surface area contributed by atoms with Crippen LogP contribution in [0.5, 0.6) is 5.75 Å². The second kappa shape index (κ2) is 7.71. The highest BCUT2D eigenvalue weighted by Crippen LogP contribution is 2.18. The molecule has 0 saturated heterocycles. The highest BCUT2D eigenvalue weighted by molar-refractivity contribution is 5.77. The molecule has 0 aliphatic heterocycles. The Morgan fingerprint density at radius 1 is 1.28 bits per heavy atom. The van der Waals surface area contributed by atoms with Gasteiger partial charge >= 0.3 is 0 Å². The Kier molecular flexibility index (Phi) is 6.22. The molecule has 0 aliphatic carbocycles. The zero-order valence-corrected chi connectivity index (χ0v) is 11.4. The van der Waals surface area contributed by atoms with Crippen molar-refractivity contribution in [2.75, 3.05) is 26.7 Å². The summed E-state index contributed by atoms with van der Waals surface area (Å²) in [5.74, 6) is 0.692. The second-order valence-electron chi connectivity index (χ2n) is 4.36. The summed E-state index contributed by atoms with van der Waals surface area (Å²) in [6.45, 7) is 5.66. The summed E-state index contributed by atoms with van der Waals surface area (Å²) in [7, 11) is 1.89. The van der Waals surface area contributed by atoms with Crippen LogP contribution in [0.4, 0.5) is 0 Å². The molecule has 0 atom stereocenters. The first-order chi connectivity index (χ1) is 8.63. The van der Waals surface area contributed by atoms with Crippen molar-refractivity contribution in [1.82, 2.24) is 10.6 Å². The van der Waals surface area contributed by atoms with Crippen LogP contribution in [0.3, 0.4) is 0 Å². The molecule has 1 aromatic carbocycles. The van der Waals surface area contributed by atoms with E-state index in [1.807, 2.05) is 39.1 Å². The molecule has 100 valence electrons. The lowest BCUT2D eigenvalue weighted by atomic mass is 10.1. The van der Waals surface area contributed by atoms with Crippen LogP contribution in [0.2, 0.25) is 0 Å². The van der Waals surface area contributed by atoms with Crippen molar-refractivity contribution in [3.8, 4) is 5.75 Å². The minimum atomic E-state index is -0.0777. The molecule has 18 heavy (non-hydrogen) atoms. The predicted octanol–water partition coefficient (Wildman–Crippen LogP) is 1.41. The predicted molar refractivity (Wildman–Crippen MR) is 73.0 cm³/mol. The lowest BCUT2D eigenvalue weighted by Gasteiger charge is -2.10. The Hall–Kier alpha value is -1.55. The van der Waals surface area contributed by atoms with Crippen molar-refractivity contribution in [3.63, 3.8) is 0 Å². The molecule has 0 heterocycles. The zero-order chi connectivity index (χ0) is 13.4. The van der Waals surface area contributed by atoms with E-state index in [-0.39, 0.29) is 12.5 Å². The standard InChI is InChI=1S/C14H22N2O2/c1-11-5-6-13(12(2)9-11)18-10-14(17)16-8-4-7-15-3/h5-6,9,15H,4,7-8,10H2,1-3H3,(H,16,17). The molecule has 1 amide bonds. The Bertz CT molecular complexity index is 391. The van der Waals surface area contributed by atoms with Gasteiger partial charge in [-0.05, 0) is 45.5 Å². The average Bonchev–Trinajstić information content (AvgIpc) is 2.33. The molecule has 2 N–H and O–H groups in total. The number of hydrogen-bond donors (Lipinski definition) is 2. The smallest absolute Gasteiger partial charge is 0.257 e. The average molecular weight is 250 g/mol. The zero-order valence-electron chi connectivity index (χ0n) is 11.4. The molecule has 0 saturated carbocycles. The van der Waals surface area contributed by atoms with Gasteiger partial charge in [0.25, 0.3) is 5.91 Å². The molecule has 0 bridgehead atoms. The van der Waals surface area contributed by atoms with E-state index < -0.39 is 0 Å². The van der Waals surface area contributed by atoms with E-state index in [0.29, 0.717) is 6.54 Å². The van der Waals surface area contributed by atoms with Crippen molar-refractivity contribution in [1.29, 1.82) is 0 Å². The number of benzene rings is 1. The fraction of sp³-hybridized carbons (Fsp3) is 0.500. The van der Waals surface area contributed by atoms with Crippen LogP contribution in [0.15, 0.2) is 18.2 Å². The third-order valence-electron chi connectivity index (χ3n) is 2.61. The first-order valence-electron chi connectivity index (χ1n) is 6.25. The molecular weight excluding hydrogens is 228 g/mol. The van der Waals surface area contributed by atoms with E-state index >= 15 is 0 Å². The van der Waals surface area contributed by atoms with Gasteiger partial charge in [0.15, 0.2) is 6.61 Å². The molecule has 0 unspecified atom stereocenters. The number of amides is 1. The maximum Gasteiger partial charge on any atom is 0.257 e. The normalized spacial score (nSPS) is 10.2. The summed E-state index contributed by atoms with van der Waals surface area (Å²) < 4.78 is 5.48. The molecular formula is C14H22N2O2. The van der Waals surface area contributed by atoms with Gasteiger partial charge < -0.3 is 15.4 Å². The van der Waals surface area contributed by atoms with Crippen LogP contribution in [0.25, 0.3) is 0 Å². The van der Waals surface area contributed by atoms with Gasteiger partial charge in [-0.15, -0.1) is 0 Å². The van der Waals surface area contributed by atoms with Gasteiger partial charge in [-0.1, -0.05) is 17.7 Å². The van der Waals surface area contributed by atoms with Crippen LogP contribution < -0.4 is 15.4 Å². The first kappa shape index (κ1) is 14.5. The summed E-state index contributed by atoms with van der Waals surface area (Å²) in [6.07, 6.45) is 0.922. The van der Waals surface area contributed by atoms with Crippen molar-refractivity contribution in [2.24, 2.45) is 0 Å². The molecule has 4 heteroatoms. The fourth-order valence-corrected chi connectivity index (χ4v) is 1.65. The van der Waals surface area contributed by atoms with Gasteiger partial charge in [-0.3, -0.25) is 4.79 Å². The number of ether oxygens (including phenoxy) is 1. The van der Waals surface area contributed by atoms with Crippen molar-refractivity contribution in [2.45, 2.75) is 20.3 Å². The van der Waals surface area contributed by atoms with E-state index in [2.05, 4.69) is 10.6 Å². The molecule has 0 aliphatic rings. The van der Waals surface area contributed by atoms with E-state index in [1.165, 1.54) is 5.56 Å². The Morgan fingerprint density at radius 2 is 2.06 bits per heavy atom. The van der Waals surface area contributed by atoms with Gasteiger partial charge in [0.05, 0.1) is 0 Å². The molecule has 0 radical (unpaired) electrons. The van der Waals surface area contributed by atoms with Gasteiger partial charge in [0, 0.05) is 6.54 Å². The molecule has 0 aromatic heterocycles. The molecule has 0 fully saturated rings.